The zero-order chi connectivity index (χ0) is 17.5. The van der Waals surface area contributed by atoms with Gasteiger partial charge in [-0.15, -0.1) is 0 Å². The second-order valence-electron chi connectivity index (χ2n) is 5.16. The molecule has 5 nitrogen and oxygen atoms in total. The van der Waals surface area contributed by atoms with Gasteiger partial charge < -0.3 is 14.6 Å². The Morgan fingerprint density at radius 3 is 2.58 bits per heavy atom. The molecule has 0 aliphatic heterocycles. The number of carbonyl (C=O) groups excluding carboxylic acids is 1. The highest BCUT2D eigenvalue weighted by molar-refractivity contribution is 6.38. The van der Waals surface area contributed by atoms with Gasteiger partial charge in [-0.2, -0.15) is 0 Å². The number of ether oxygens (including phenoxy) is 2. The number of carbonyl (C=O) groups is 2. The third kappa shape index (κ3) is 4.46. The molecular weight excluding hydrogens is 308 g/mol. The van der Waals surface area contributed by atoms with Crippen LogP contribution in [0.25, 0.3) is 6.08 Å². The lowest BCUT2D eigenvalue weighted by Gasteiger charge is -2.13. The number of hydrogen-bond acceptors (Lipinski definition) is 4. The summed E-state index contributed by atoms with van der Waals surface area (Å²) in [5, 5.41) is 8.65. The Hall–Kier alpha value is -3.08. The summed E-state index contributed by atoms with van der Waals surface area (Å²) in [6.07, 6.45) is 2.40. The van der Waals surface area contributed by atoms with Crippen molar-refractivity contribution in [2.75, 3.05) is 7.11 Å². The van der Waals surface area contributed by atoms with E-state index in [2.05, 4.69) is 0 Å². The number of hydrogen-bond donors (Lipinski definition) is 1. The van der Waals surface area contributed by atoms with E-state index in [1.54, 1.807) is 18.2 Å². The van der Waals surface area contributed by atoms with Crippen molar-refractivity contribution in [2.24, 2.45) is 0 Å². The molecule has 0 aliphatic rings. The maximum absolute atomic E-state index is 11.2. The molecule has 0 atom stereocenters. The molecule has 2 aromatic carbocycles. The third-order valence-corrected chi connectivity index (χ3v) is 3.32. The molecular formula is C19H18O5. The van der Waals surface area contributed by atoms with Gasteiger partial charge in [-0.25, -0.2) is 4.79 Å². The molecule has 0 saturated heterocycles. The Morgan fingerprint density at radius 1 is 1.17 bits per heavy atom. The number of carboxylic acids is 1. The van der Waals surface area contributed by atoms with Crippen LogP contribution in [-0.4, -0.2) is 24.0 Å². The number of ketones is 1. The summed E-state index contributed by atoms with van der Waals surface area (Å²) >= 11 is 0. The molecule has 24 heavy (non-hydrogen) atoms. The van der Waals surface area contributed by atoms with Crippen LogP contribution in [0.15, 0.2) is 48.5 Å². The lowest BCUT2D eigenvalue weighted by atomic mass is 10.1. The van der Waals surface area contributed by atoms with Gasteiger partial charge in [-0.3, -0.25) is 4.79 Å². The van der Waals surface area contributed by atoms with E-state index < -0.39 is 11.8 Å². The molecule has 0 bridgehead atoms. The first-order valence-corrected chi connectivity index (χ1v) is 7.32. The maximum atomic E-state index is 11.2. The smallest absolute Gasteiger partial charge is 0.376 e. The van der Waals surface area contributed by atoms with E-state index in [0.717, 1.165) is 17.2 Å². The fraction of sp³-hybridized carbons (Fsp3) is 0.158. The molecule has 0 spiro atoms. The zero-order valence-corrected chi connectivity index (χ0v) is 13.5. The van der Waals surface area contributed by atoms with E-state index in [4.69, 9.17) is 14.6 Å². The molecule has 2 rings (SSSR count). The van der Waals surface area contributed by atoms with Gasteiger partial charge in [0.2, 0.25) is 0 Å². The Morgan fingerprint density at radius 2 is 1.92 bits per heavy atom. The Balaban J connectivity index is 2.26. The predicted octanol–water partition coefficient (Wildman–Crippen LogP) is 3.25. The summed E-state index contributed by atoms with van der Waals surface area (Å²) < 4.78 is 11.2. The predicted molar refractivity (Wildman–Crippen MR) is 90.2 cm³/mol. The topological polar surface area (TPSA) is 72.8 Å². The minimum absolute atomic E-state index is 0.329. The molecule has 1 N–H and O–H groups in total. The average Bonchev–Trinajstić information content (AvgIpc) is 2.57. The van der Waals surface area contributed by atoms with E-state index in [1.165, 1.54) is 13.2 Å². The van der Waals surface area contributed by atoms with E-state index >= 15 is 0 Å². The van der Waals surface area contributed by atoms with E-state index in [-0.39, 0.29) is 0 Å². The molecule has 0 saturated carbocycles. The van der Waals surface area contributed by atoms with Gasteiger partial charge in [0.1, 0.15) is 6.61 Å². The van der Waals surface area contributed by atoms with Crippen LogP contribution in [0.2, 0.25) is 0 Å². The van der Waals surface area contributed by atoms with Gasteiger partial charge in [0.15, 0.2) is 11.5 Å². The molecule has 0 radical (unpaired) electrons. The fourth-order valence-electron chi connectivity index (χ4n) is 2.17. The normalized spacial score (nSPS) is 10.6. The second-order valence-corrected chi connectivity index (χ2v) is 5.16. The molecule has 0 aromatic heterocycles. The van der Waals surface area contributed by atoms with Crippen molar-refractivity contribution >= 4 is 17.8 Å². The molecule has 5 heteroatoms. The van der Waals surface area contributed by atoms with Crippen LogP contribution in [0.1, 0.15) is 16.7 Å². The van der Waals surface area contributed by atoms with E-state index in [0.29, 0.717) is 23.7 Å². The van der Waals surface area contributed by atoms with Crippen molar-refractivity contribution in [1.82, 2.24) is 0 Å². The molecule has 0 amide bonds. The SMILES string of the molecule is COc1cccc(/C=C/C(=O)C(=O)O)c1OCc1cccc(C)c1. The maximum Gasteiger partial charge on any atom is 0.376 e. The van der Waals surface area contributed by atoms with E-state index in [9.17, 15) is 9.59 Å². The number of aryl methyl sites for hydroxylation is 1. The van der Waals surface area contributed by atoms with Crippen molar-refractivity contribution in [3.05, 3.63) is 65.2 Å². The van der Waals surface area contributed by atoms with Crippen LogP contribution in [0, 0.1) is 6.92 Å². The van der Waals surface area contributed by atoms with Crippen LogP contribution in [0.4, 0.5) is 0 Å². The highest BCUT2D eigenvalue weighted by Crippen LogP contribution is 2.32. The van der Waals surface area contributed by atoms with Crippen molar-refractivity contribution in [3.8, 4) is 11.5 Å². The number of benzene rings is 2. The summed E-state index contributed by atoms with van der Waals surface area (Å²) in [4.78, 5) is 21.9. The second kappa shape index (κ2) is 7.97. The quantitative estimate of drug-likeness (QED) is 0.624. The van der Waals surface area contributed by atoms with Gasteiger partial charge in [0.05, 0.1) is 7.11 Å². The van der Waals surface area contributed by atoms with Crippen molar-refractivity contribution < 1.29 is 24.2 Å². The molecule has 0 heterocycles. The van der Waals surface area contributed by atoms with Crippen LogP contribution in [-0.2, 0) is 16.2 Å². The third-order valence-electron chi connectivity index (χ3n) is 3.32. The van der Waals surface area contributed by atoms with Crippen LogP contribution in [0.5, 0.6) is 11.5 Å². The highest BCUT2D eigenvalue weighted by Gasteiger charge is 2.11. The van der Waals surface area contributed by atoms with E-state index in [1.807, 2.05) is 31.2 Å². The lowest BCUT2D eigenvalue weighted by molar-refractivity contribution is -0.146. The number of aliphatic carboxylic acids is 1. The van der Waals surface area contributed by atoms with Gasteiger partial charge in [0, 0.05) is 5.56 Å². The Labute approximate surface area is 140 Å². The molecule has 124 valence electrons. The number of para-hydroxylation sites is 1. The average molecular weight is 326 g/mol. The monoisotopic (exact) mass is 326 g/mol. The molecule has 0 aliphatic carbocycles. The first kappa shape index (κ1) is 17.3. The van der Waals surface area contributed by atoms with Gasteiger partial charge >= 0.3 is 5.97 Å². The Bertz CT molecular complexity index is 777. The molecule has 0 fully saturated rings. The van der Waals surface area contributed by atoms with Crippen LogP contribution >= 0.6 is 0 Å². The zero-order valence-electron chi connectivity index (χ0n) is 13.5. The van der Waals surface area contributed by atoms with Crippen LogP contribution in [0.3, 0.4) is 0 Å². The first-order valence-electron chi connectivity index (χ1n) is 7.32. The minimum Gasteiger partial charge on any atom is -0.493 e. The van der Waals surface area contributed by atoms with Crippen LogP contribution < -0.4 is 9.47 Å². The molecule has 0 unspecified atom stereocenters. The fourth-order valence-corrected chi connectivity index (χ4v) is 2.17. The summed E-state index contributed by atoms with van der Waals surface area (Å²) in [5.41, 5.74) is 2.69. The van der Waals surface area contributed by atoms with Gasteiger partial charge in [-0.05, 0) is 30.7 Å². The highest BCUT2D eigenvalue weighted by atomic mass is 16.5. The number of rotatable bonds is 7. The molecule has 2 aromatic rings. The summed E-state index contributed by atoms with van der Waals surface area (Å²) in [6.45, 7) is 2.33. The first-order chi connectivity index (χ1) is 11.5. The van der Waals surface area contributed by atoms with Gasteiger partial charge in [0.25, 0.3) is 5.78 Å². The lowest BCUT2D eigenvalue weighted by Crippen LogP contribution is -2.08. The van der Waals surface area contributed by atoms with Crippen molar-refractivity contribution in [2.45, 2.75) is 13.5 Å². The largest absolute Gasteiger partial charge is 0.493 e. The Kier molecular flexibility index (Phi) is 5.73. The summed E-state index contributed by atoms with van der Waals surface area (Å²) in [6, 6.07) is 13.1. The minimum atomic E-state index is -1.50. The van der Waals surface area contributed by atoms with Crippen molar-refractivity contribution in [1.29, 1.82) is 0 Å². The number of carboxylic acid groups (broad SMARTS) is 1. The summed E-state index contributed by atoms with van der Waals surface area (Å²) in [5.74, 6) is -1.54. The van der Waals surface area contributed by atoms with Crippen molar-refractivity contribution in [3.63, 3.8) is 0 Å². The number of methoxy groups -OCH3 is 1. The van der Waals surface area contributed by atoms with Gasteiger partial charge in [-0.1, -0.05) is 42.0 Å². The standard InChI is InChI=1S/C19H18O5/c1-13-5-3-6-14(11-13)12-24-18-15(7-4-8-17(18)23-2)9-10-16(20)19(21)22/h3-11H,12H2,1-2H3,(H,21,22)/b10-9+. The summed E-state index contributed by atoms with van der Waals surface area (Å²) in [7, 11) is 1.52.